The zero-order valence-electron chi connectivity index (χ0n) is 17.9. The van der Waals surface area contributed by atoms with E-state index in [2.05, 4.69) is 17.0 Å². The van der Waals surface area contributed by atoms with Crippen LogP contribution in [0, 0.1) is 6.92 Å². The van der Waals surface area contributed by atoms with Crippen molar-refractivity contribution in [2.45, 2.75) is 19.9 Å². The molecule has 0 aliphatic carbocycles. The van der Waals surface area contributed by atoms with E-state index in [1.54, 1.807) is 23.5 Å². The summed E-state index contributed by atoms with van der Waals surface area (Å²) >= 11 is 7.61. The minimum atomic E-state index is -0.442. The molecular weight excluding hydrogens is 438 g/mol. The standard InChI is InChI=1S/C23H25ClNO5S/c1-15-21(31-14-25(15)13-16-5-7-18(24)8-6-16)9-10-30-23(26)17-11-19(27-2)22(29-4)20(12-17)28-3/h5-8,11-12,14H,9-10,13H2,1-4H3/q+1. The van der Waals surface area contributed by atoms with Crippen molar-refractivity contribution in [2.75, 3.05) is 27.9 Å². The normalized spacial score (nSPS) is 10.6. The van der Waals surface area contributed by atoms with Crippen molar-refractivity contribution in [3.8, 4) is 17.2 Å². The molecule has 1 heterocycles. The number of halogens is 1. The second-order valence-electron chi connectivity index (χ2n) is 6.79. The van der Waals surface area contributed by atoms with E-state index in [1.165, 1.54) is 31.8 Å². The van der Waals surface area contributed by atoms with Crippen molar-refractivity contribution in [3.63, 3.8) is 0 Å². The Labute approximate surface area is 190 Å². The van der Waals surface area contributed by atoms with Crippen molar-refractivity contribution in [2.24, 2.45) is 0 Å². The van der Waals surface area contributed by atoms with Gasteiger partial charge in [0.15, 0.2) is 23.7 Å². The van der Waals surface area contributed by atoms with Crippen LogP contribution in [0.25, 0.3) is 0 Å². The molecule has 0 fully saturated rings. The number of carbonyl (C=O) groups is 1. The van der Waals surface area contributed by atoms with E-state index in [9.17, 15) is 4.79 Å². The molecule has 0 N–H and O–H groups in total. The predicted molar refractivity (Wildman–Crippen MR) is 120 cm³/mol. The average Bonchev–Trinajstić information content (AvgIpc) is 3.13. The lowest BCUT2D eigenvalue weighted by atomic mass is 10.2. The number of aromatic nitrogens is 1. The summed E-state index contributed by atoms with van der Waals surface area (Å²) in [5.74, 6) is 0.806. The molecule has 3 aromatic rings. The smallest absolute Gasteiger partial charge is 0.338 e. The molecule has 0 saturated carbocycles. The molecule has 2 aromatic carbocycles. The summed E-state index contributed by atoms with van der Waals surface area (Å²) in [6, 6.07) is 11.0. The van der Waals surface area contributed by atoms with Crippen LogP contribution < -0.4 is 18.8 Å². The van der Waals surface area contributed by atoms with Crippen molar-refractivity contribution in [1.82, 2.24) is 0 Å². The maximum Gasteiger partial charge on any atom is 0.338 e. The molecule has 0 radical (unpaired) electrons. The fraction of sp³-hybridized carbons (Fsp3) is 0.304. The van der Waals surface area contributed by atoms with Crippen LogP contribution in [0.1, 0.15) is 26.5 Å². The van der Waals surface area contributed by atoms with E-state index in [0.717, 1.165) is 17.3 Å². The van der Waals surface area contributed by atoms with Gasteiger partial charge in [0, 0.05) is 23.9 Å². The Morgan fingerprint density at radius 3 is 2.26 bits per heavy atom. The van der Waals surface area contributed by atoms with Crippen molar-refractivity contribution in [3.05, 3.63) is 68.6 Å². The third kappa shape index (κ3) is 5.48. The van der Waals surface area contributed by atoms with Crippen molar-refractivity contribution < 1.29 is 28.3 Å². The number of thiazole rings is 1. The SMILES string of the molecule is COc1cc(C(=O)OCCc2sc[n+](Cc3ccc(Cl)cc3)c2C)cc(OC)c1OC. The second-order valence-corrected chi connectivity index (χ2v) is 8.16. The molecule has 3 rings (SSSR count). The van der Waals surface area contributed by atoms with Gasteiger partial charge in [-0.05, 0) is 24.3 Å². The lowest BCUT2D eigenvalue weighted by Crippen LogP contribution is -2.35. The monoisotopic (exact) mass is 462 g/mol. The molecule has 0 aliphatic rings. The Kier molecular flexibility index (Phi) is 7.76. The van der Waals surface area contributed by atoms with Crippen LogP contribution in [-0.2, 0) is 17.7 Å². The Bertz CT molecular complexity index is 1020. The number of benzene rings is 2. The first-order valence-corrected chi connectivity index (χ1v) is 10.9. The molecular formula is C23H25ClNO5S+. The first-order chi connectivity index (χ1) is 15.0. The minimum absolute atomic E-state index is 0.276. The molecule has 8 heteroatoms. The van der Waals surface area contributed by atoms with Gasteiger partial charge in [-0.2, -0.15) is 4.57 Å². The number of methoxy groups -OCH3 is 3. The number of esters is 1. The minimum Gasteiger partial charge on any atom is -0.493 e. The van der Waals surface area contributed by atoms with E-state index in [-0.39, 0.29) is 6.61 Å². The highest BCUT2D eigenvalue weighted by Gasteiger charge is 2.19. The lowest BCUT2D eigenvalue weighted by molar-refractivity contribution is -0.689. The Morgan fingerprint density at radius 2 is 1.68 bits per heavy atom. The highest BCUT2D eigenvalue weighted by Crippen LogP contribution is 2.38. The van der Waals surface area contributed by atoms with Gasteiger partial charge in [-0.25, -0.2) is 4.79 Å². The van der Waals surface area contributed by atoms with Gasteiger partial charge < -0.3 is 18.9 Å². The highest BCUT2D eigenvalue weighted by atomic mass is 35.5. The number of ether oxygens (including phenoxy) is 4. The topological polar surface area (TPSA) is 57.9 Å². The Hall–Kier alpha value is -2.77. The van der Waals surface area contributed by atoms with E-state index in [1.807, 2.05) is 24.3 Å². The van der Waals surface area contributed by atoms with Crippen LogP contribution in [0.15, 0.2) is 41.9 Å². The number of carbonyl (C=O) groups excluding carboxylic acids is 1. The largest absolute Gasteiger partial charge is 0.493 e. The van der Waals surface area contributed by atoms with Gasteiger partial charge in [0.1, 0.15) is 0 Å². The molecule has 0 saturated heterocycles. The summed E-state index contributed by atoms with van der Waals surface area (Å²) < 4.78 is 23.6. The van der Waals surface area contributed by atoms with Gasteiger partial charge in [0.05, 0.1) is 38.4 Å². The Balaban J connectivity index is 1.62. The summed E-state index contributed by atoms with van der Waals surface area (Å²) in [6.45, 7) is 3.12. The van der Waals surface area contributed by atoms with E-state index >= 15 is 0 Å². The van der Waals surface area contributed by atoms with E-state index in [0.29, 0.717) is 29.2 Å². The molecule has 0 atom stereocenters. The molecule has 0 bridgehead atoms. The fourth-order valence-corrected chi connectivity index (χ4v) is 4.25. The zero-order valence-corrected chi connectivity index (χ0v) is 19.5. The molecule has 0 spiro atoms. The van der Waals surface area contributed by atoms with Gasteiger partial charge in [-0.3, -0.25) is 0 Å². The van der Waals surface area contributed by atoms with Gasteiger partial charge in [-0.1, -0.05) is 35.1 Å². The summed E-state index contributed by atoms with van der Waals surface area (Å²) in [6.07, 6.45) is 0.639. The maximum absolute atomic E-state index is 12.5. The number of hydrogen-bond donors (Lipinski definition) is 0. The first-order valence-electron chi connectivity index (χ1n) is 9.64. The van der Waals surface area contributed by atoms with Crippen molar-refractivity contribution >= 4 is 28.9 Å². The van der Waals surface area contributed by atoms with E-state index < -0.39 is 5.97 Å². The summed E-state index contributed by atoms with van der Waals surface area (Å²) in [5.41, 5.74) is 4.76. The zero-order chi connectivity index (χ0) is 22.4. The van der Waals surface area contributed by atoms with E-state index in [4.69, 9.17) is 30.5 Å². The molecule has 0 unspecified atom stereocenters. The highest BCUT2D eigenvalue weighted by molar-refractivity contribution is 7.09. The average molecular weight is 463 g/mol. The molecule has 6 nitrogen and oxygen atoms in total. The maximum atomic E-state index is 12.5. The third-order valence-electron chi connectivity index (χ3n) is 4.89. The number of rotatable bonds is 9. The van der Waals surface area contributed by atoms with Crippen LogP contribution in [0.4, 0.5) is 0 Å². The van der Waals surface area contributed by atoms with Gasteiger partial charge in [-0.15, -0.1) is 0 Å². The summed E-state index contributed by atoms with van der Waals surface area (Å²) in [4.78, 5) is 13.7. The quantitative estimate of drug-likeness (QED) is 0.347. The molecule has 31 heavy (non-hydrogen) atoms. The molecule has 1 aromatic heterocycles. The fourth-order valence-electron chi connectivity index (χ4n) is 3.15. The van der Waals surface area contributed by atoms with Crippen LogP contribution in [0.3, 0.4) is 0 Å². The van der Waals surface area contributed by atoms with Crippen LogP contribution in [0.2, 0.25) is 5.02 Å². The number of hydrogen-bond acceptors (Lipinski definition) is 6. The summed E-state index contributed by atoms with van der Waals surface area (Å²) in [7, 11) is 4.53. The lowest BCUT2D eigenvalue weighted by Gasteiger charge is -2.13. The van der Waals surface area contributed by atoms with Crippen LogP contribution in [0.5, 0.6) is 17.2 Å². The van der Waals surface area contributed by atoms with Gasteiger partial charge >= 0.3 is 5.97 Å². The third-order valence-corrected chi connectivity index (χ3v) is 6.28. The Morgan fingerprint density at radius 1 is 1.03 bits per heavy atom. The molecule has 164 valence electrons. The van der Waals surface area contributed by atoms with Crippen LogP contribution >= 0.6 is 22.9 Å². The second kappa shape index (κ2) is 10.5. The molecule has 0 amide bonds. The van der Waals surface area contributed by atoms with Gasteiger partial charge in [0.25, 0.3) is 0 Å². The van der Waals surface area contributed by atoms with Crippen molar-refractivity contribution in [1.29, 1.82) is 0 Å². The summed E-state index contributed by atoms with van der Waals surface area (Å²) in [5, 5.41) is 0.727. The number of nitrogens with zero attached hydrogens (tertiary/aromatic N) is 1. The first kappa shape index (κ1) is 22.9. The van der Waals surface area contributed by atoms with Crippen LogP contribution in [-0.4, -0.2) is 33.9 Å². The predicted octanol–water partition coefficient (Wildman–Crippen LogP) is 4.47. The van der Waals surface area contributed by atoms with Gasteiger partial charge in [0.2, 0.25) is 11.3 Å². The molecule has 0 aliphatic heterocycles.